The molecule has 0 radical (unpaired) electrons. The average Bonchev–Trinajstić information content (AvgIpc) is 2.33. The van der Waals surface area contributed by atoms with Crippen molar-refractivity contribution in [2.75, 3.05) is 0 Å². The maximum Gasteiger partial charge on any atom is 0.140 e. The Balaban J connectivity index is 2.29. The molecule has 9 heavy (non-hydrogen) atoms. The van der Waals surface area contributed by atoms with Gasteiger partial charge in [0.15, 0.2) is 0 Å². The van der Waals surface area contributed by atoms with E-state index in [1.54, 1.807) is 0 Å². The number of dihydropyridines is 1. The summed E-state index contributed by atoms with van der Waals surface area (Å²) >= 11 is 0. The van der Waals surface area contributed by atoms with E-state index in [-0.39, 0.29) is 6.17 Å². The normalized spacial score (nSPS) is 29.3. The summed E-state index contributed by atoms with van der Waals surface area (Å²) in [5.74, 6) is 0. The highest BCUT2D eigenvalue weighted by molar-refractivity contribution is 5.66. The summed E-state index contributed by atoms with van der Waals surface area (Å²) < 4.78 is 0. The number of fused-ring (bicyclic) bond motifs is 1. The minimum absolute atomic E-state index is 0.259. The second-order valence-electron chi connectivity index (χ2n) is 2.21. The summed E-state index contributed by atoms with van der Waals surface area (Å²) in [5.41, 5.74) is 1.37. The average molecular weight is 120 g/mol. The second-order valence-corrected chi connectivity index (χ2v) is 2.21. The van der Waals surface area contributed by atoms with Crippen molar-refractivity contribution in [3.05, 3.63) is 23.9 Å². The molecule has 0 fully saturated rings. The van der Waals surface area contributed by atoms with Crippen LogP contribution in [0.15, 0.2) is 28.9 Å². The standard InChI is InChI=1S/C7H8N2/c1-2-6-3-5-9-7(6)8-4-1/h1-2,4-5,7-8H,3H2. The molecule has 2 heteroatoms. The van der Waals surface area contributed by atoms with Gasteiger partial charge >= 0.3 is 0 Å². The van der Waals surface area contributed by atoms with Gasteiger partial charge in [0.25, 0.3) is 0 Å². The second kappa shape index (κ2) is 1.72. The highest BCUT2D eigenvalue weighted by Gasteiger charge is 2.15. The first-order valence-corrected chi connectivity index (χ1v) is 3.10. The molecule has 0 aromatic carbocycles. The summed E-state index contributed by atoms with van der Waals surface area (Å²) in [6.45, 7) is 0. The number of hydrogen-bond acceptors (Lipinski definition) is 2. The van der Waals surface area contributed by atoms with E-state index < -0.39 is 0 Å². The van der Waals surface area contributed by atoms with Crippen molar-refractivity contribution in [3.8, 4) is 0 Å². The number of nitrogens with one attached hydrogen (secondary N) is 1. The van der Waals surface area contributed by atoms with E-state index in [9.17, 15) is 0 Å². The van der Waals surface area contributed by atoms with Crippen LogP contribution in [0, 0.1) is 0 Å². The summed E-state index contributed by atoms with van der Waals surface area (Å²) in [6.07, 6.45) is 9.29. The first-order valence-electron chi connectivity index (χ1n) is 3.10. The number of hydrogen-bond donors (Lipinski definition) is 1. The Bertz CT molecular complexity index is 201. The van der Waals surface area contributed by atoms with Gasteiger partial charge in [-0.1, -0.05) is 6.08 Å². The van der Waals surface area contributed by atoms with Crippen molar-refractivity contribution in [2.24, 2.45) is 4.99 Å². The lowest BCUT2D eigenvalue weighted by Gasteiger charge is -2.12. The van der Waals surface area contributed by atoms with Gasteiger partial charge in [-0.05, 0) is 17.8 Å². The summed E-state index contributed by atoms with van der Waals surface area (Å²) in [6, 6.07) is 0. The fraction of sp³-hybridized carbons (Fsp3) is 0.286. The molecule has 1 atom stereocenters. The summed E-state index contributed by atoms with van der Waals surface area (Å²) in [5, 5.41) is 3.13. The van der Waals surface area contributed by atoms with E-state index in [1.165, 1.54) is 5.57 Å². The molecule has 0 spiro atoms. The van der Waals surface area contributed by atoms with Crippen LogP contribution in [-0.2, 0) is 0 Å². The van der Waals surface area contributed by atoms with Gasteiger partial charge in [-0.25, -0.2) is 0 Å². The third kappa shape index (κ3) is 0.669. The van der Waals surface area contributed by atoms with Crippen LogP contribution in [0.1, 0.15) is 6.42 Å². The van der Waals surface area contributed by atoms with Crippen molar-refractivity contribution in [1.29, 1.82) is 0 Å². The Hall–Kier alpha value is -1.05. The zero-order chi connectivity index (χ0) is 6.10. The maximum absolute atomic E-state index is 4.20. The van der Waals surface area contributed by atoms with Crippen LogP contribution in [0.4, 0.5) is 0 Å². The van der Waals surface area contributed by atoms with Gasteiger partial charge in [0.2, 0.25) is 0 Å². The van der Waals surface area contributed by atoms with E-state index in [0.29, 0.717) is 0 Å². The van der Waals surface area contributed by atoms with E-state index >= 15 is 0 Å². The molecule has 1 N–H and O–H groups in total. The molecule has 46 valence electrons. The molecule has 2 rings (SSSR count). The van der Waals surface area contributed by atoms with Gasteiger partial charge in [-0.3, -0.25) is 4.99 Å². The molecule has 2 nitrogen and oxygen atoms in total. The molecule has 0 aromatic heterocycles. The van der Waals surface area contributed by atoms with E-state index in [1.807, 2.05) is 18.5 Å². The number of allylic oxidation sites excluding steroid dienone is 2. The van der Waals surface area contributed by atoms with Crippen LogP contribution in [0.5, 0.6) is 0 Å². The van der Waals surface area contributed by atoms with Crippen LogP contribution in [0.25, 0.3) is 0 Å². The molecule has 0 aliphatic carbocycles. The fourth-order valence-corrected chi connectivity index (χ4v) is 1.10. The quantitative estimate of drug-likeness (QED) is 0.503. The Labute approximate surface area is 54.0 Å². The Kier molecular flexibility index (Phi) is 0.918. The molecule has 2 heterocycles. The maximum atomic E-state index is 4.20. The van der Waals surface area contributed by atoms with Gasteiger partial charge in [0.05, 0.1) is 0 Å². The van der Waals surface area contributed by atoms with Gasteiger partial charge in [0, 0.05) is 12.6 Å². The largest absolute Gasteiger partial charge is 0.366 e. The minimum atomic E-state index is 0.259. The highest BCUT2D eigenvalue weighted by Crippen LogP contribution is 2.16. The van der Waals surface area contributed by atoms with Crippen LogP contribution in [0.3, 0.4) is 0 Å². The van der Waals surface area contributed by atoms with Crippen LogP contribution < -0.4 is 5.32 Å². The zero-order valence-electron chi connectivity index (χ0n) is 5.04. The van der Waals surface area contributed by atoms with E-state index in [2.05, 4.69) is 16.4 Å². The smallest absolute Gasteiger partial charge is 0.140 e. The van der Waals surface area contributed by atoms with Crippen molar-refractivity contribution in [1.82, 2.24) is 5.32 Å². The lowest BCUT2D eigenvalue weighted by molar-refractivity contribution is 0.707. The van der Waals surface area contributed by atoms with E-state index in [0.717, 1.165) is 6.42 Å². The third-order valence-corrected chi connectivity index (χ3v) is 1.59. The SMILES string of the molecule is C1=CNC2N=CCC2=C1. The number of nitrogens with zero attached hydrogens (tertiary/aromatic N) is 1. The molecule has 0 aromatic rings. The topological polar surface area (TPSA) is 24.4 Å². The number of aliphatic imine (C=N–C) groups is 1. The van der Waals surface area contributed by atoms with Crippen molar-refractivity contribution in [3.63, 3.8) is 0 Å². The predicted octanol–water partition coefficient (Wildman–Crippen LogP) is 0.830. The van der Waals surface area contributed by atoms with Gasteiger partial charge in [0.1, 0.15) is 6.17 Å². The van der Waals surface area contributed by atoms with Crippen LogP contribution >= 0.6 is 0 Å². The lowest BCUT2D eigenvalue weighted by Crippen LogP contribution is -2.22. The van der Waals surface area contributed by atoms with E-state index in [4.69, 9.17) is 0 Å². The van der Waals surface area contributed by atoms with Crippen LogP contribution in [-0.4, -0.2) is 12.4 Å². The summed E-state index contributed by atoms with van der Waals surface area (Å²) in [4.78, 5) is 4.20. The first-order chi connectivity index (χ1) is 4.47. The number of rotatable bonds is 0. The fourth-order valence-electron chi connectivity index (χ4n) is 1.10. The molecule has 1 unspecified atom stereocenters. The molecule has 0 amide bonds. The van der Waals surface area contributed by atoms with Crippen molar-refractivity contribution in [2.45, 2.75) is 12.6 Å². The van der Waals surface area contributed by atoms with Gasteiger partial charge < -0.3 is 5.32 Å². The Morgan fingerprint density at radius 3 is 3.56 bits per heavy atom. The van der Waals surface area contributed by atoms with Crippen molar-refractivity contribution < 1.29 is 0 Å². The first kappa shape index (κ1) is 4.79. The third-order valence-electron chi connectivity index (χ3n) is 1.59. The van der Waals surface area contributed by atoms with Crippen LogP contribution in [0.2, 0.25) is 0 Å². The Morgan fingerprint density at radius 1 is 1.67 bits per heavy atom. The highest BCUT2D eigenvalue weighted by atomic mass is 15.1. The summed E-state index contributed by atoms with van der Waals surface area (Å²) in [7, 11) is 0. The minimum Gasteiger partial charge on any atom is -0.366 e. The zero-order valence-corrected chi connectivity index (χ0v) is 5.04. The van der Waals surface area contributed by atoms with Crippen molar-refractivity contribution >= 4 is 6.21 Å². The molecule has 0 saturated heterocycles. The van der Waals surface area contributed by atoms with Gasteiger partial charge in [-0.2, -0.15) is 0 Å². The van der Waals surface area contributed by atoms with Gasteiger partial charge in [-0.15, -0.1) is 0 Å². The molecular formula is C7H8N2. The monoisotopic (exact) mass is 120 g/mol. The Morgan fingerprint density at radius 2 is 2.67 bits per heavy atom. The molecule has 2 aliphatic heterocycles. The molecule has 0 bridgehead atoms. The molecular weight excluding hydrogens is 112 g/mol. The lowest BCUT2D eigenvalue weighted by atomic mass is 10.1. The molecule has 2 aliphatic rings. The predicted molar refractivity (Wildman–Crippen MR) is 37.3 cm³/mol. The molecule has 0 saturated carbocycles.